The Bertz CT molecular complexity index is 560. The highest BCUT2D eigenvalue weighted by atomic mass is 35.5. The highest BCUT2D eigenvalue weighted by Crippen LogP contribution is 2.21. The van der Waals surface area contributed by atoms with Gasteiger partial charge in [0.25, 0.3) is 5.56 Å². The summed E-state index contributed by atoms with van der Waals surface area (Å²) < 4.78 is 0. The van der Waals surface area contributed by atoms with Crippen LogP contribution in [-0.4, -0.2) is 11.3 Å². The molecule has 0 aliphatic rings. The molecule has 0 spiro atoms. The summed E-state index contributed by atoms with van der Waals surface area (Å²) in [6.45, 7) is 0. The second-order valence-electron chi connectivity index (χ2n) is 2.85. The van der Waals surface area contributed by atoms with E-state index in [0.717, 1.165) is 0 Å². The number of carbonyl (C=O) groups is 1. The third kappa shape index (κ3) is 1.22. The molecule has 0 bridgehead atoms. The first-order chi connectivity index (χ1) is 6.74. The van der Waals surface area contributed by atoms with Crippen molar-refractivity contribution in [2.45, 2.75) is 0 Å². The summed E-state index contributed by atoms with van der Waals surface area (Å²) in [5.41, 5.74) is 0.155. The van der Waals surface area contributed by atoms with Crippen molar-refractivity contribution in [1.82, 2.24) is 4.98 Å². The zero-order valence-corrected chi connectivity index (χ0v) is 7.84. The molecule has 0 saturated carbocycles. The lowest BCUT2D eigenvalue weighted by molar-refractivity contribution is 0.112. The Hall–Kier alpha value is -1.61. The summed E-state index contributed by atoms with van der Waals surface area (Å²) in [5, 5.41) is 0.884. The van der Waals surface area contributed by atoms with Crippen LogP contribution in [-0.2, 0) is 0 Å². The van der Waals surface area contributed by atoms with Crippen LogP contribution in [0, 0.1) is 0 Å². The Morgan fingerprint density at radius 2 is 2.00 bits per heavy atom. The van der Waals surface area contributed by atoms with E-state index in [2.05, 4.69) is 4.98 Å². The van der Waals surface area contributed by atoms with E-state index in [1.165, 1.54) is 0 Å². The van der Waals surface area contributed by atoms with Crippen LogP contribution in [0.5, 0.6) is 0 Å². The summed E-state index contributed by atoms with van der Waals surface area (Å²) in [4.78, 5) is 24.5. The number of H-pyrrole nitrogens is 1. The number of halogens is 1. The maximum Gasteiger partial charge on any atom is 0.260 e. The molecular formula is C10H6ClNO2. The van der Waals surface area contributed by atoms with Gasteiger partial charge in [-0.1, -0.05) is 29.8 Å². The first-order valence-electron chi connectivity index (χ1n) is 3.99. The summed E-state index contributed by atoms with van der Waals surface area (Å²) in [7, 11) is 0. The van der Waals surface area contributed by atoms with Crippen molar-refractivity contribution in [2.24, 2.45) is 0 Å². The molecule has 3 nitrogen and oxygen atoms in total. The van der Waals surface area contributed by atoms with Gasteiger partial charge in [-0.15, -0.1) is 0 Å². The quantitative estimate of drug-likeness (QED) is 0.727. The third-order valence-electron chi connectivity index (χ3n) is 2.01. The van der Waals surface area contributed by atoms with Gasteiger partial charge in [0.2, 0.25) is 0 Å². The van der Waals surface area contributed by atoms with Crippen molar-refractivity contribution < 1.29 is 4.79 Å². The van der Waals surface area contributed by atoms with Crippen molar-refractivity contribution in [3.05, 3.63) is 45.2 Å². The van der Waals surface area contributed by atoms with Crippen molar-refractivity contribution in [2.75, 3.05) is 0 Å². The molecule has 0 radical (unpaired) electrons. The third-order valence-corrected chi connectivity index (χ3v) is 2.42. The fourth-order valence-corrected chi connectivity index (χ4v) is 1.62. The SMILES string of the molecule is O=Cc1c(Cl)c2ccccc2[nH]c1=O. The number of fused-ring (bicyclic) bond motifs is 1. The summed E-state index contributed by atoms with van der Waals surface area (Å²) in [6, 6.07) is 7.06. The van der Waals surface area contributed by atoms with E-state index >= 15 is 0 Å². The van der Waals surface area contributed by atoms with Gasteiger partial charge in [-0.2, -0.15) is 0 Å². The first kappa shape index (κ1) is 8.97. The minimum absolute atomic E-state index is 0.0228. The lowest BCUT2D eigenvalue weighted by atomic mass is 10.2. The number of aromatic nitrogens is 1. The van der Waals surface area contributed by atoms with Crippen LogP contribution in [0.1, 0.15) is 10.4 Å². The molecule has 1 aromatic heterocycles. The van der Waals surface area contributed by atoms with Gasteiger partial charge < -0.3 is 4.98 Å². The zero-order valence-electron chi connectivity index (χ0n) is 7.08. The molecule has 0 unspecified atom stereocenters. The van der Waals surface area contributed by atoms with Gasteiger partial charge in [0, 0.05) is 10.9 Å². The zero-order chi connectivity index (χ0) is 10.1. The van der Waals surface area contributed by atoms with Gasteiger partial charge in [0.15, 0.2) is 6.29 Å². The predicted octanol–water partition coefficient (Wildman–Crippen LogP) is 1.99. The Balaban J connectivity index is 3.00. The number of aldehydes is 1. The molecule has 1 aromatic carbocycles. The molecule has 0 atom stereocenters. The molecular weight excluding hydrogens is 202 g/mol. The van der Waals surface area contributed by atoms with E-state index in [0.29, 0.717) is 17.2 Å². The summed E-state index contributed by atoms with van der Waals surface area (Å²) >= 11 is 5.90. The Kier molecular flexibility index (Phi) is 2.09. The number of benzene rings is 1. The van der Waals surface area contributed by atoms with Crippen molar-refractivity contribution in [3.63, 3.8) is 0 Å². The lowest BCUT2D eigenvalue weighted by Gasteiger charge is -2.01. The molecule has 0 saturated heterocycles. The molecule has 0 aliphatic heterocycles. The number of rotatable bonds is 1. The topological polar surface area (TPSA) is 49.9 Å². The number of pyridine rings is 1. The van der Waals surface area contributed by atoms with Crippen LogP contribution in [0.15, 0.2) is 29.1 Å². The maximum absolute atomic E-state index is 11.3. The highest BCUT2D eigenvalue weighted by molar-refractivity contribution is 6.37. The Labute approximate surface area is 84.3 Å². The highest BCUT2D eigenvalue weighted by Gasteiger charge is 2.08. The van der Waals surface area contributed by atoms with E-state index < -0.39 is 5.56 Å². The Morgan fingerprint density at radius 3 is 2.71 bits per heavy atom. The number of para-hydroxylation sites is 1. The monoisotopic (exact) mass is 207 g/mol. The van der Waals surface area contributed by atoms with Gasteiger partial charge in [0.1, 0.15) is 0 Å². The second-order valence-corrected chi connectivity index (χ2v) is 3.22. The minimum atomic E-state index is -0.455. The average Bonchev–Trinajstić information content (AvgIpc) is 2.18. The van der Waals surface area contributed by atoms with Crippen molar-refractivity contribution >= 4 is 28.8 Å². The fraction of sp³-hybridized carbons (Fsp3) is 0. The molecule has 2 rings (SSSR count). The largest absolute Gasteiger partial charge is 0.321 e. The molecule has 1 heterocycles. The molecule has 0 fully saturated rings. The standard InChI is InChI=1S/C10H6ClNO2/c11-9-6-3-1-2-4-8(6)12-10(14)7(9)5-13/h1-5H,(H,12,14). The van der Waals surface area contributed by atoms with E-state index in [9.17, 15) is 9.59 Å². The number of hydrogen-bond donors (Lipinski definition) is 1. The molecule has 70 valence electrons. The predicted molar refractivity (Wildman–Crippen MR) is 55.0 cm³/mol. The number of carbonyl (C=O) groups excluding carboxylic acids is 1. The van der Waals surface area contributed by atoms with E-state index in [1.807, 2.05) is 0 Å². The smallest absolute Gasteiger partial charge is 0.260 e. The van der Waals surface area contributed by atoms with Crippen molar-refractivity contribution in [1.29, 1.82) is 0 Å². The molecule has 0 amide bonds. The van der Waals surface area contributed by atoms with Crippen LogP contribution < -0.4 is 5.56 Å². The molecule has 4 heteroatoms. The number of aromatic amines is 1. The molecule has 1 N–H and O–H groups in total. The van der Waals surface area contributed by atoms with E-state index in [4.69, 9.17) is 11.6 Å². The van der Waals surface area contributed by atoms with Gasteiger partial charge in [-0.25, -0.2) is 0 Å². The molecule has 2 aromatic rings. The summed E-state index contributed by atoms with van der Waals surface area (Å²) in [6.07, 6.45) is 0.466. The number of hydrogen-bond acceptors (Lipinski definition) is 2. The molecule has 14 heavy (non-hydrogen) atoms. The fourth-order valence-electron chi connectivity index (χ4n) is 1.32. The second kappa shape index (κ2) is 3.27. The van der Waals surface area contributed by atoms with Crippen LogP contribution in [0.3, 0.4) is 0 Å². The average molecular weight is 208 g/mol. The van der Waals surface area contributed by atoms with Crippen molar-refractivity contribution in [3.8, 4) is 0 Å². The van der Waals surface area contributed by atoms with E-state index in [-0.39, 0.29) is 10.6 Å². The van der Waals surface area contributed by atoms with Gasteiger partial charge in [-0.05, 0) is 6.07 Å². The molecule has 0 aliphatic carbocycles. The van der Waals surface area contributed by atoms with Gasteiger partial charge in [-0.3, -0.25) is 9.59 Å². The van der Waals surface area contributed by atoms with Gasteiger partial charge in [0.05, 0.1) is 10.6 Å². The summed E-state index contributed by atoms with van der Waals surface area (Å²) in [5.74, 6) is 0. The lowest BCUT2D eigenvalue weighted by Crippen LogP contribution is -2.12. The number of nitrogens with one attached hydrogen (secondary N) is 1. The first-order valence-corrected chi connectivity index (χ1v) is 4.37. The van der Waals surface area contributed by atoms with Crippen LogP contribution in [0.2, 0.25) is 5.02 Å². The van der Waals surface area contributed by atoms with Gasteiger partial charge >= 0.3 is 0 Å². The maximum atomic E-state index is 11.3. The Morgan fingerprint density at radius 1 is 1.29 bits per heavy atom. The van der Waals surface area contributed by atoms with E-state index in [1.54, 1.807) is 24.3 Å². The minimum Gasteiger partial charge on any atom is -0.321 e. The van der Waals surface area contributed by atoms with Crippen LogP contribution in [0.25, 0.3) is 10.9 Å². The van der Waals surface area contributed by atoms with Crippen LogP contribution >= 0.6 is 11.6 Å². The normalized spacial score (nSPS) is 10.4. The van der Waals surface area contributed by atoms with Crippen LogP contribution in [0.4, 0.5) is 0 Å².